The highest BCUT2D eigenvalue weighted by Crippen LogP contribution is 2.33. The quantitative estimate of drug-likeness (QED) is 0.416. The number of hydrogen-bond donors (Lipinski definition) is 1. The summed E-state index contributed by atoms with van der Waals surface area (Å²) in [6, 6.07) is 15.7. The zero-order valence-electron chi connectivity index (χ0n) is 18.5. The fourth-order valence-electron chi connectivity index (χ4n) is 4.58. The molecule has 10 heteroatoms. The minimum absolute atomic E-state index is 0.117. The van der Waals surface area contributed by atoms with Gasteiger partial charge in [-0.1, -0.05) is 30.3 Å². The van der Waals surface area contributed by atoms with Gasteiger partial charge in [0, 0.05) is 11.9 Å². The van der Waals surface area contributed by atoms with Gasteiger partial charge in [-0.15, -0.1) is 10.2 Å². The van der Waals surface area contributed by atoms with Crippen molar-refractivity contribution in [3.63, 3.8) is 0 Å². The van der Waals surface area contributed by atoms with E-state index >= 15 is 0 Å². The van der Waals surface area contributed by atoms with Crippen molar-refractivity contribution in [3.05, 3.63) is 76.5 Å². The Hall–Kier alpha value is -4.47. The molecule has 3 aromatic heterocycles. The molecule has 10 nitrogen and oxygen atoms in total. The molecule has 1 aliphatic rings. The van der Waals surface area contributed by atoms with Crippen molar-refractivity contribution < 1.29 is 14.0 Å². The summed E-state index contributed by atoms with van der Waals surface area (Å²) in [6.45, 7) is 3.75. The molecule has 0 saturated carbocycles. The summed E-state index contributed by atoms with van der Waals surface area (Å²) < 4.78 is 9.13. The number of aromatic nitrogens is 4. The standard InChI is InChI=1S/C24H20N6O4/c1-3-28-20(31)15-9-5-6-10-16(15)30-19(26-27-22(28)30)13-29-21(32)24(2,25-23(29)33)18-12-14-8-4-7-11-17(14)34-18/h4-12H,3,13H2,1-2H3,(H,25,33). The lowest BCUT2D eigenvalue weighted by atomic mass is 9.99. The van der Waals surface area contributed by atoms with E-state index < -0.39 is 17.5 Å². The molecule has 1 saturated heterocycles. The predicted molar refractivity (Wildman–Crippen MR) is 123 cm³/mol. The van der Waals surface area contributed by atoms with Crippen LogP contribution >= 0.6 is 0 Å². The Morgan fingerprint density at radius 2 is 1.79 bits per heavy atom. The van der Waals surface area contributed by atoms with Crippen molar-refractivity contribution in [3.8, 4) is 0 Å². The van der Waals surface area contributed by atoms with E-state index in [-0.39, 0.29) is 12.1 Å². The first-order valence-corrected chi connectivity index (χ1v) is 10.9. The number of aryl methyl sites for hydroxylation is 1. The molecular weight excluding hydrogens is 436 g/mol. The molecule has 1 atom stereocenters. The molecule has 0 aliphatic carbocycles. The zero-order valence-corrected chi connectivity index (χ0v) is 18.5. The van der Waals surface area contributed by atoms with Crippen molar-refractivity contribution in [2.45, 2.75) is 32.5 Å². The van der Waals surface area contributed by atoms with Crippen LogP contribution in [0.5, 0.6) is 0 Å². The largest absolute Gasteiger partial charge is 0.458 e. The third-order valence-corrected chi connectivity index (χ3v) is 6.38. The first-order valence-electron chi connectivity index (χ1n) is 10.9. The monoisotopic (exact) mass is 456 g/mol. The maximum absolute atomic E-state index is 13.5. The molecule has 1 N–H and O–H groups in total. The van der Waals surface area contributed by atoms with Crippen LogP contribution in [0.4, 0.5) is 4.79 Å². The smallest absolute Gasteiger partial charge is 0.325 e. The number of carbonyl (C=O) groups excluding carboxylic acids is 2. The average Bonchev–Trinajstić information content (AvgIpc) is 3.52. The van der Waals surface area contributed by atoms with Gasteiger partial charge >= 0.3 is 6.03 Å². The van der Waals surface area contributed by atoms with Gasteiger partial charge in [-0.05, 0) is 38.1 Å². The number of benzene rings is 2. The van der Waals surface area contributed by atoms with E-state index in [0.29, 0.717) is 40.4 Å². The molecule has 2 aromatic carbocycles. The number of furan rings is 1. The third-order valence-electron chi connectivity index (χ3n) is 6.38. The number of amides is 3. The Morgan fingerprint density at radius 1 is 1.03 bits per heavy atom. The number of rotatable bonds is 4. The molecule has 34 heavy (non-hydrogen) atoms. The number of para-hydroxylation sites is 2. The van der Waals surface area contributed by atoms with E-state index in [9.17, 15) is 14.4 Å². The highest BCUT2D eigenvalue weighted by atomic mass is 16.3. The van der Waals surface area contributed by atoms with Crippen molar-refractivity contribution in [1.29, 1.82) is 0 Å². The van der Waals surface area contributed by atoms with Gasteiger partial charge in [-0.2, -0.15) is 0 Å². The fraction of sp³-hybridized carbons (Fsp3) is 0.208. The van der Waals surface area contributed by atoms with Gasteiger partial charge < -0.3 is 9.73 Å². The summed E-state index contributed by atoms with van der Waals surface area (Å²) in [7, 11) is 0. The van der Waals surface area contributed by atoms with Crippen LogP contribution < -0.4 is 10.9 Å². The number of nitrogens with zero attached hydrogens (tertiary/aromatic N) is 5. The lowest BCUT2D eigenvalue weighted by Crippen LogP contribution is -2.40. The van der Waals surface area contributed by atoms with Crippen molar-refractivity contribution >= 4 is 39.6 Å². The summed E-state index contributed by atoms with van der Waals surface area (Å²) in [6.07, 6.45) is 0. The minimum atomic E-state index is -1.36. The summed E-state index contributed by atoms with van der Waals surface area (Å²) in [5.41, 5.74) is -0.285. The van der Waals surface area contributed by atoms with Gasteiger partial charge in [0.15, 0.2) is 11.4 Å². The van der Waals surface area contributed by atoms with Crippen LogP contribution in [-0.2, 0) is 23.4 Å². The summed E-state index contributed by atoms with van der Waals surface area (Å²) in [5, 5.41) is 12.6. The van der Waals surface area contributed by atoms with Gasteiger partial charge in [0.2, 0.25) is 5.78 Å². The van der Waals surface area contributed by atoms with Crippen LogP contribution in [-0.4, -0.2) is 36.0 Å². The molecule has 1 aliphatic heterocycles. The van der Waals surface area contributed by atoms with E-state index in [1.165, 1.54) is 4.57 Å². The third kappa shape index (κ3) is 2.65. The highest BCUT2D eigenvalue weighted by molar-refractivity contribution is 6.07. The van der Waals surface area contributed by atoms with Crippen LogP contribution in [0, 0.1) is 0 Å². The Balaban J connectivity index is 1.44. The molecule has 0 radical (unpaired) electrons. The molecule has 4 heterocycles. The number of hydrogen-bond acceptors (Lipinski definition) is 6. The zero-order chi connectivity index (χ0) is 23.6. The van der Waals surface area contributed by atoms with Crippen LogP contribution in [0.15, 0.2) is 63.8 Å². The molecule has 3 amide bonds. The van der Waals surface area contributed by atoms with Crippen LogP contribution in [0.2, 0.25) is 0 Å². The lowest BCUT2D eigenvalue weighted by molar-refractivity contribution is -0.132. The minimum Gasteiger partial charge on any atom is -0.458 e. The van der Waals surface area contributed by atoms with Crippen molar-refractivity contribution in [2.75, 3.05) is 0 Å². The van der Waals surface area contributed by atoms with Gasteiger partial charge in [-0.25, -0.2) is 4.79 Å². The van der Waals surface area contributed by atoms with Crippen LogP contribution in [0.25, 0.3) is 27.6 Å². The number of nitrogens with one attached hydrogen (secondary N) is 1. The second-order valence-corrected chi connectivity index (χ2v) is 8.41. The van der Waals surface area contributed by atoms with Gasteiger partial charge in [0.05, 0.1) is 17.4 Å². The summed E-state index contributed by atoms with van der Waals surface area (Å²) in [4.78, 5) is 40.4. The van der Waals surface area contributed by atoms with E-state index in [1.807, 2.05) is 37.3 Å². The second kappa shape index (κ2) is 7.01. The predicted octanol–water partition coefficient (Wildman–Crippen LogP) is 2.78. The molecule has 5 aromatic rings. The van der Waals surface area contributed by atoms with Crippen LogP contribution in [0.1, 0.15) is 25.4 Å². The molecule has 1 unspecified atom stereocenters. The normalized spacial score (nSPS) is 18.5. The first-order chi connectivity index (χ1) is 16.4. The Morgan fingerprint density at radius 3 is 2.59 bits per heavy atom. The number of carbonyl (C=O) groups is 2. The highest BCUT2D eigenvalue weighted by Gasteiger charge is 2.51. The number of fused-ring (bicyclic) bond motifs is 4. The Bertz CT molecular complexity index is 1660. The second-order valence-electron chi connectivity index (χ2n) is 8.41. The Labute approximate surface area is 192 Å². The van der Waals surface area contributed by atoms with Crippen LogP contribution in [0.3, 0.4) is 0 Å². The lowest BCUT2D eigenvalue weighted by Gasteiger charge is -2.18. The Kier molecular flexibility index (Phi) is 4.16. The molecule has 6 rings (SSSR count). The molecule has 170 valence electrons. The molecule has 1 fully saturated rings. The maximum atomic E-state index is 13.5. The number of imide groups is 1. The SMILES string of the molecule is CCn1c(=O)c2ccccc2n2c(CN3C(=O)NC(C)(c4cc5ccccc5o4)C3=O)nnc12. The average molecular weight is 456 g/mol. The van der Waals surface area contributed by atoms with Gasteiger partial charge in [0.25, 0.3) is 11.5 Å². The summed E-state index contributed by atoms with van der Waals surface area (Å²) >= 11 is 0. The first kappa shape index (κ1) is 20.2. The van der Waals surface area contributed by atoms with Crippen molar-refractivity contribution in [2.24, 2.45) is 0 Å². The van der Waals surface area contributed by atoms with E-state index in [4.69, 9.17) is 4.42 Å². The molecule has 0 spiro atoms. The number of urea groups is 1. The van der Waals surface area contributed by atoms with Crippen molar-refractivity contribution in [1.82, 2.24) is 29.4 Å². The molecule has 0 bridgehead atoms. The van der Waals surface area contributed by atoms with Gasteiger partial charge in [-0.3, -0.25) is 23.5 Å². The van der Waals surface area contributed by atoms with E-state index in [1.54, 1.807) is 35.6 Å². The summed E-state index contributed by atoms with van der Waals surface area (Å²) in [5.74, 6) is 0.617. The maximum Gasteiger partial charge on any atom is 0.325 e. The fourth-order valence-corrected chi connectivity index (χ4v) is 4.58. The van der Waals surface area contributed by atoms with E-state index in [0.717, 1.165) is 10.3 Å². The topological polar surface area (TPSA) is 115 Å². The van der Waals surface area contributed by atoms with Gasteiger partial charge in [0.1, 0.15) is 11.3 Å². The molecular formula is C24H20N6O4. The van der Waals surface area contributed by atoms with E-state index in [2.05, 4.69) is 15.5 Å².